The van der Waals surface area contributed by atoms with Crippen molar-refractivity contribution in [3.63, 3.8) is 0 Å². The van der Waals surface area contributed by atoms with E-state index in [1.807, 2.05) is 0 Å². The van der Waals surface area contributed by atoms with Gasteiger partial charge in [-0.25, -0.2) is 4.79 Å². The quantitative estimate of drug-likeness (QED) is 0.771. The Morgan fingerprint density at radius 2 is 2.18 bits per heavy atom. The van der Waals surface area contributed by atoms with E-state index in [0.717, 1.165) is 12.1 Å². The predicted octanol–water partition coefficient (Wildman–Crippen LogP) is 2.21. The van der Waals surface area contributed by atoms with Crippen LogP contribution < -0.4 is 5.32 Å². The van der Waals surface area contributed by atoms with Crippen LogP contribution in [-0.4, -0.2) is 19.1 Å². The van der Waals surface area contributed by atoms with E-state index in [1.54, 1.807) is 0 Å². The van der Waals surface area contributed by atoms with Crippen molar-refractivity contribution in [2.75, 3.05) is 12.4 Å². The molecule has 0 aromatic heterocycles. The highest BCUT2D eigenvalue weighted by atomic mass is 19.4. The van der Waals surface area contributed by atoms with Gasteiger partial charge in [-0.2, -0.15) is 13.2 Å². The summed E-state index contributed by atoms with van der Waals surface area (Å²) in [6.45, 7) is 0. The van der Waals surface area contributed by atoms with Gasteiger partial charge in [0.25, 0.3) is 0 Å². The van der Waals surface area contributed by atoms with Crippen LogP contribution in [0.15, 0.2) is 18.2 Å². The van der Waals surface area contributed by atoms with Crippen molar-refractivity contribution in [1.82, 2.24) is 0 Å². The van der Waals surface area contributed by atoms with Gasteiger partial charge in [0.15, 0.2) is 0 Å². The Morgan fingerprint density at radius 1 is 1.47 bits per heavy atom. The van der Waals surface area contributed by atoms with E-state index in [1.165, 1.54) is 13.2 Å². The van der Waals surface area contributed by atoms with E-state index in [2.05, 4.69) is 10.1 Å². The Bertz CT molecular complexity index is 457. The van der Waals surface area contributed by atoms with E-state index in [0.29, 0.717) is 17.7 Å². The van der Waals surface area contributed by atoms with Crippen LogP contribution in [0.2, 0.25) is 0 Å². The van der Waals surface area contributed by atoms with Gasteiger partial charge < -0.3 is 10.1 Å². The molecule has 1 N–H and O–H groups in total. The third kappa shape index (κ3) is 2.20. The molecular weight excluding hydrogens is 235 g/mol. The van der Waals surface area contributed by atoms with Gasteiger partial charge in [0.1, 0.15) is 6.04 Å². The second-order valence-corrected chi connectivity index (χ2v) is 3.79. The maximum Gasteiger partial charge on any atom is 0.416 e. The molecule has 17 heavy (non-hydrogen) atoms. The van der Waals surface area contributed by atoms with E-state index < -0.39 is 23.8 Å². The topological polar surface area (TPSA) is 38.3 Å². The van der Waals surface area contributed by atoms with Crippen LogP contribution in [0.1, 0.15) is 11.1 Å². The molecule has 1 atom stereocenters. The van der Waals surface area contributed by atoms with Gasteiger partial charge in [-0.1, -0.05) is 6.07 Å². The fraction of sp³-hybridized carbons (Fsp3) is 0.364. The number of esters is 1. The molecule has 1 aromatic rings. The normalized spacial score (nSPS) is 18.5. The van der Waals surface area contributed by atoms with Crippen molar-refractivity contribution in [1.29, 1.82) is 0 Å². The minimum atomic E-state index is -4.37. The summed E-state index contributed by atoms with van der Waals surface area (Å²) >= 11 is 0. The molecule has 1 heterocycles. The van der Waals surface area contributed by atoms with Gasteiger partial charge in [-0.3, -0.25) is 0 Å². The molecule has 0 aliphatic carbocycles. The second-order valence-electron chi connectivity index (χ2n) is 3.79. The molecule has 0 fully saturated rings. The lowest BCUT2D eigenvalue weighted by molar-refractivity contribution is -0.141. The molecule has 2 rings (SSSR count). The lowest BCUT2D eigenvalue weighted by Crippen LogP contribution is -2.27. The van der Waals surface area contributed by atoms with Gasteiger partial charge in [0.2, 0.25) is 0 Å². The molecule has 1 unspecified atom stereocenters. The Hall–Kier alpha value is -1.72. The number of nitrogens with one attached hydrogen (secondary N) is 1. The molecule has 0 saturated carbocycles. The maximum atomic E-state index is 12.5. The highest BCUT2D eigenvalue weighted by Crippen LogP contribution is 2.35. The summed E-state index contributed by atoms with van der Waals surface area (Å²) in [4.78, 5) is 11.3. The summed E-state index contributed by atoms with van der Waals surface area (Å²) < 4.78 is 41.9. The first-order chi connectivity index (χ1) is 7.91. The zero-order valence-corrected chi connectivity index (χ0v) is 8.97. The Labute approximate surface area is 95.6 Å². The first kappa shape index (κ1) is 11.8. The largest absolute Gasteiger partial charge is 0.467 e. The van der Waals surface area contributed by atoms with Crippen molar-refractivity contribution in [3.05, 3.63) is 29.3 Å². The summed E-state index contributed by atoms with van der Waals surface area (Å²) in [5.41, 5.74) is 0.304. The average molecular weight is 245 g/mol. The van der Waals surface area contributed by atoms with Gasteiger partial charge in [0.05, 0.1) is 12.7 Å². The molecule has 1 aromatic carbocycles. The molecule has 3 nitrogen and oxygen atoms in total. The molecule has 92 valence electrons. The van der Waals surface area contributed by atoms with Gasteiger partial charge in [-0.05, 0) is 17.7 Å². The number of alkyl halides is 3. The fourth-order valence-corrected chi connectivity index (χ4v) is 1.81. The smallest absolute Gasteiger partial charge is 0.416 e. The van der Waals surface area contributed by atoms with Crippen LogP contribution >= 0.6 is 0 Å². The van der Waals surface area contributed by atoms with Crippen molar-refractivity contribution >= 4 is 11.7 Å². The monoisotopic (exact) mass is 245 g/mol. The molecular formula is C11H10F3NO2. The molecule has 1 aliphatic heterocycles. The van der Waals surface area contributed by atoms with Crippen molar-refractivity contribution in [2.24, 2.45) is 0 Å². The van der Waals surface area contributed by atoms with Crippen LogP contribution in [0.5, 0.6) is 0 Å². The van der Waals surface area contributed by atoms with Crippen LogP contribution in [0.25, 0.3) is 0 Å². The second kappa shape index (κ2) is 3.94. The number of carbonyl (C=O) groups is 1. The number of halogens is 3. The fourth-order valence-electron chi connectivity index (χ4n) is 1.81. The number of methoxy groups -OCH3 is 1. The number of hydrogen-bond acceptors (Lipinski definition) is 3. The van der Waals surface area contributed by atoms with E-state index in [-0.39, 0.29) is 0 Å². The summed E-state index contributed by atoms with van der Waals surface area (Å²) in [6.07, 6.45) is -4.03. The standard InChI is InChI=1S/C11H10F3NO2/c1-17-10(16)9-4-6-2-3-7(11(12,13)14)5-8(6)15-9/h2-3,5,9,15H,4H2,1H3. The number of carbonyl (C=O) groups excluding carboxylic acids is 1. The zero-order valence-electron chi connectivity index (χ0n) is 8.97. The molecule has 1 aliphatic rings. The van der Waals surface area contributed by atoms with Gasteiger partial charge >= 0.3 is 12.1 Å². The first-order valence-electron chi connectivity index (χ1n) is 4.96. The highest BCUT2D eigenvalue weighted by molar-refractivity contribution is 5.82. The number of benzene rings is 1. The zero-order chi connectivity index (χ0) is 12.6. The molecule has 0 amide bonds. The maximum absolute atomic E-state index is 12.5. The Kier molecular flexibility index (Phi) is 2.73. The van der Waals surface area contributed by atoms with Crippen LogP contribution in [0.3, 0.4) is 0 Å². The Balaban J connectivity index is 2.25. The predicted molar refractivity (Wildman–Crippen MR) is 54.6 cm³/mol. The first-order valence-corrected chi connectivity index (χ1v) is 4.96. The lowest BCUT2D eigenvalue weighted by Gasteiger charge is -2.09. The Morgan fingerprint density at radius 3 is 2.76 bits per heavy atom. The van der Waals surface area contributed by atoms with Crippen molar-refractivity contribution in [2.45, 2.75) is 18.6 Å². The third-order valence-corrected chi connectivity index (χ3v) is 2.68. The SMILES string of the molecule is COC(=O)C1Cc2ccc(C(F)(F)F)cc2N1. The number of fused-ring (bicyclic) bond motifs is 1. The van der Waals surface area contributed by atoms with Gasteiger partial charge in [0, 0.05) is 12.1 Å². The number of hydrogen-bond donors (Lipinski definition) is 1. The summed E-state index contributed by atoms with van der Waals surface area (Å²) in [6, 6.07) is 2.81. The third-order valence-electron chi connectivity index (χ3n) is 2.68. The number of ether oxygens (including phenoxy) is 1. The number of anilines is 1. The molecule has 0 saturated heterocycles. The molecule has 0 radical (unpaired) electrons. The molecule has 0 spiro atoms. The summed E-state index contributed by atoms with van der Waals surface area (Å²) in [7, 11) is 1.24. The van der Waals surface area contributed by atoms with Crippen LogP contribution in [0.4, 0.5) is 18.9 Å². The van der Waals surface area contributed by atoms with Crippen molar-refractivity contribution in [3.8, 4) is 0 Å². The molecule has 0 bridgehead atoms. The lowest BCUT2D eigenvalue weighted by atomic mass is 10.1. The van der Waals surface area contributed by atoms with E-state index >= 15 is 0 Å². The van der Waals surface area contributed by atoms with Gasteiger partial charge in [-0.15, -0.1) is 0 Å². The highest BCUT2D eigenvalue weighted by Gasteiger charge is 2.33. The average Bonchev–Trinajstić information content (AvgIpc) is 2.69. The summed E-state index contributed by atoms with van der Waals surface area (Å²) in [5, 5.41) is 2.72. The minimum Gasteiger partial charge on any atom is -0.467 e. The van der Waals surface area contributed by atoms with Crippen LogP contribution in [-0.2, 0) is 22.1 Å². The molecule has 6 heteroatoms. The van der Waals surface area contributed by atoms with Crippen molar-refractivity contribution < 1.29 is 22.7 Å². The van der Waals surface area contributed by atoms with Crippen LogP contribution in [0, 0.1) is 0 Å². The van der Waals surface area contributed by atoms with E-state index in [4.69, 9.17) is 0 Å². The van der Waals surface area contributed by atoms with E-state index in [9.17, 15) is 18.0 Å². The summed E-state index contributed by atoms with van der Waals surface area (Å²) in [5.74, 6) is -0.477. The number of rotatable bonds is 1. The minimum absolute atomic E-state index is 0.343.